The van der Waals surface area contributed by atoms with Gasteiger partial charge in [0, 0.05) is 0 Å². The first kappa shape index (κ1) is 21.3. The lowest BCUT2D eigenvalue weighted by atomic mass is 10.2. The van der Waals surface area contributed by atoms with Gasteiger partial charge in [0.2, 0.25) is 0 Å². The summed E-state index contributed by atoms with van der Waals surface area (Å²) in [6.45, 7) is 4.73. The van der Waals surface area contributed by atoms with Crippen molar-refractivity contribution in [3.8, 4) is 17.2 Å². The molecule has 0 atom stereocenters. The Kier molecular flexibility index (Phi) is 8.85. The molecule has 0 bridgehead atoms. The molecule has 0 aliphatic heterocycles. The Hall–Kier alpha value is -3.02. The molecule has 0 radical (unpaired) electrons. The molecule has 0 fully saturated rings. The minimum atomic E-state index is -0.329. The second-order valence-electron chi connectivity index (χ2n) is 6.20. The van der Waals surface area contributed by atoms with Crippen LogP contribution < -0.4 is 19.6 Å². The highest BCUT2D eigenvalue weighted by Gasteiger charge is 2.05. The Morgan fingerprint density at radius 1 is 1.11 bits per heavy atom. The highest BCUT2D eigenvalue weighted by Crippen LogP contribution is 2.27. The van der Waals surface area contributed by atoms with Gasteiger partial charge >= 0.3 is 0 Å². The standard InChI is InChI=1S/C22H28N2O4/c1-4-6-12-27-20-11-10-18(14-21(20)26-3)15-23-24-22(25)16-28-19-9-7-8-17(5-2)13-19/h7-11,13-15H,4-6,12,16H2,1-3H3,(H,24,25)/b23-15+. The van der Waals surface area contributed by atoms with E-state index in [2.05, 4.69) is 24.4 Å². The van der Waals surface area contributed by atoms with E-state index in [0.29, 0.717) is 23.9 Å². The van der Waals surface area contributed by atoms with Gasteiger partial charge in [-0.2, -0.15) is 5.10 Å². The van der Waals surface area contributed by atoms with E-state index in [1.807, 2.05) is 42.5 Å². The summed E-state index contributed by atoms with van der Waals surface area (Å²) >= 11 is 0. The average Bonchev–Trinajstić information content (AvgIpc) is 2.73. The summed E-state index contributed by atoms with van der Waals surface area (Å²) in [5.74, 6) is 1.66. The molecule has 6 heteroatoms. The highest BCUT2D eigenvalue weighted by molar-refractivity contribution is 5.83. The Morgan fingerprint density at radius 2 is 1.96 bits per heavy atom. The topological polar surface area (TPSA) is 69.2 Å². The van der Waals surface area contributed by atoms with Gasteiger partial charge in [0.15, 0.2) is 18.1 Å². The van der Waals surface area contributed by atoms with Crippen LogP contribution in [-0.4, -0.2) is 32.4 Å². The first-order valence-electron chi connectivity index (χ1n) is 9.50. The zero-order valence-corrected chi connectivity index (χ0v) is 16.7. The van der Waals surface area contributed by atoms with Crippen LogP contribution in [0.15, 0.2) is 47.6 Å². The lowest BCUT2D eigenvalue weighted by Gasteiger charge is -2.10. The molecule has 0 saturated heterocycles. The predicted molar refractivity (Wildman–Crippen MR) is 110 cm³/mol. The number of aryl methyl sites for hydroxylation is 1. The van der Waals surface area contributed by atoms with E-state index >= 15 is 0 Å². The molecule has 1 N–H and O–H groups in total. The molecule has 2 rings (SSSR count). The largest absolute Gasteiger partial charge is 0.493 e. The maximum absolute atomic E-state index is 11.9. The zero-order valence-electron chi connectivity index (χ0n) is 16.7. The molecule has 0 aliphatic carbocycles. The van der Waals surface area contributed by atoms with Gasteiger partial charge in [-0.1, -0.05) is 32.4 Å². The maximum Gasteiger partial charge on any atom is 0.277 e. The predicted octanol–water partition coefficient (Wildman–Crippen LogP) is 3.97. The van der Waals surface area contributed by atoms with Crippen LogP contribution in [0.1, 0.15) is 37.8 Å². The fourth-order valence-electron chi connectivity index (χ4n) is 2.43. The van der Waals surface area contributed by atoms with E-state index in [4.69, 9.17) is 14.2 Å². The van der Waals surface area contributed by atoms with Crippen molar-refractivity contribution in [3.63, 3.8) is 0 Å². The van der Waals surface area contributed by atoms with Crippen LogP contribution in [0, 0.1) is 0 Å². The Morgan fingerprint density at radius 3 is 2.71 bits per heavy atom. The zero-order chi connectivity index (χ0) is 20.2. The fourth-order valence-corrected chi connectivity index (χ4v) is 2.43. The summed E-state index contributed by atoms with van der Waals surface area (Å²) in [4.78, 5) is 11.9. The van der Waals surface area contributed by atoms with E-state index in [1.54, 1.807) is 13.3 Å². The second-order valence-corrected chi connectivity index (χ2v) is 6.20. The molecule has 1 amide bonds. The Labute approximate surface area is 166 Å². The monoisotopic (exact) mass is 384 g/mol. The van der Waals surface area contributed by atoms with Crippen molar-refractivity contribution >= 4 is 12.1 Å². The number of nitrogens with one attached hydrogen (secondary N) is 1. The van der Waals surface area contributed by atoms with Crippen molar-refractivity contribution in [2.75, 3.05) is 20.3 Å². The number of hydrogen-bond donors (Lipinski definition) is 1. The number of amides is 1. The molecule has 150 valence electrons. The number of rotatable bonds is 11. The SMILES string of the molecule is CCCCOc1ccc(/C=N/NC(=O)COc2cccc(CC)c2)cc1OC. The number of hydrogen-bond acceptors (Lipinski definition) is 5. The lowest BCUT2D eigenvalue weighted by Crippen LogP contribution is -2.24. The summed E-state index contributed by atoms with van der Waals surface area (Å²) < 4.78 is 16.5. The van der Waals surface area contributed by atoms with Crippen LogP contribution in [0.5, 0.6) is 17.2 Å². The molecule has 0 saturated carbocycles. The third-order valence-corrected chi connectivity index (χ3v) is 4.02. The van der Waals surface area contributed by atoms with E-state index < -0.39 is 0 Å². The average molecular weight is 384 g/mol. The van der Waals surface area contributed by atoms with E-state index in [9.17, 15) is 4.79 Å². The molecule has 0 heterocycles. The molecule has 0 spiro atoms. The van der Waals surface area contributed by atoms with Crippen LogP contribution in [-0.2, 0) is 11.2 Å². The van der Waals surface area contributed by atoms with Gasteiger partial charge in [0.1, 0.15) is 5.75 Å². The Bertz CT molecular complexity index is 790. The van der Waals surface area contributed by atoms with Gasteiger partial charge in [-0.15, -0.1) is 0 Å². The summed E-state index contributed by atoms with van der Waals surface area (Å²) in [7, 11) is 1.59. The first-order chi connectivity index (χ1) is 13.7. The molecule has 28 heavy (non-hydrogen) atoms. The molecular formula is C22H28N2O4. The summed E-state index contributed by atoms with van der Waals surface area (Å²) in [6, 6.07) is 13.2. The first-order valence-corrected chi connectivity index (χ1v) is 9.50. The normalized spacial score (nSPS) is 10.7. The van der Waals surface area contributed by atoms with Gasteiger partial charge in [0.05, 0.1) is 19.9 Å². The minimum absolute atomic E-state index is 0.0992. The molecule has 0 unspecified atom stereocenters. The molecule has 0 aliphatic rings. The molecule has 6 nitrogen and oxygen atoms in total. The van der Waals surface area contributed by atoms with Gasteiger partial charge < -0.3 is 14.2 Å². The fraction of sp³-hybridized carbons (Fsp3) is 0.364. The van der Waals surface area contributed by atoms with Crippen molar-refractivity contribution in [2.45, 2.75) is 33.1 Å². The molecule has 0 aromatic heterocycles. The number of unbranched alkanes of at least 4 members (excludes halogenated alkanes) is 1. The van der Waals surface area contributed by atoms with Crippen LogP contribution in [0.2, 0.25) is 0 Å². The Balaban J connectivity index is 1.84. The number of carbonyl (C=O) groups excluding carboxylic acids is 1. The van der Waals surface area contributed by atoms with Gasteiger partial charge in [-0.05, 0) is 54.3 Å². The third kappa shape index (κ3) is 6.95. The van der Waals surface area contributed by atoms with Gasteiger partial charge in [-0.25, -0.2) is 5.43 Å². The van der Waals surface area contributed by atoms with E-state index in [1.165, 1.54) is 0 Å². The minimum Gasteiger partial charge on any atom is -0.493 e. The van der Waals surface area contributed by atoms with Crippen LogP contribution in [0.25, 0.3) is 0 Å². The molecular weight excluding hydrogens is 356 g/mol. The summed E-state index contributed by atoms with van der Waals surface area (Å²) in [5, 5.41) is 3.97. The summed E-state index contributed by atoms with van der Waals surface area (Å²) in [5.41, 5.74) is 4.41. The molecule has 2 aromatic rings. The van der Waals surface area contributed by atoms with Crippen LogP contribution in [0.4, 0.5) is 0 Å². The van der Waals surface area contributed by atoms with Gasteiger partial charge in [0.25, 0.3) is 5.91 Å². The van der Waals surface area contributed by atoms with Crippen LogP contribution >= 0.6 is 0 Å². The van der Waals surface area contributed by atoms with Crippen molar-refractivity contribution in [1.29, 1.82) is 0 Å². The third-order valence-electron chi connectivity index (χ3n) is 4.02. The van der Waals surface area contributed by atoms with E-state index in [0.717, 1.165) is 30.4 Å². The number of carbonyl (C=O) groups is 1. The smallest absolute Gasteiger partial charge is 0.277 e. The lowest BCUT2D eigenvalue weighted by molar-refractivity contribution is -0.123. The van der Waals surface area contributed by atoms with Crippen molar-refractivity contribution in [1.82, 2.24) is 5.43 Å². The van der Waals surface area contributed by atoms with Crippen molar-refractivity contribution < 1.29 is 19.0 Å². The molecule has 2 aromatic carbocycles. The maximum atomic E-state index is 11.9. The van der Waals surface area contributed by atoms with Gasteiger partial charge in [-0.3, -0.25) is 4.79 Å². The highest BCUT2D eigenvalue weighted by atomic mass is 16.5. The number of ether oxygens (including phenoxy) is 3. The second kappa shape index (κ2) is 11.6. The quantitative estimate of drug-likeness (QED) is 0.362. The van der Waals surface area contributed by atoms with E-state index in [-0.39, 0.29) is 12.5 Å². The number of nitrogens with zero attached hydrogens (tertiary/aromatic N) is 1. The summed E-state index contributed by atoms with van der Waals surface area (Å²) in [6.07, 6.45) is 4.53. The number of methoxy groups -OCH3 is 1. The van der Waals surface area contributed by atoms with Crippen LogP contribution in [0.3, 0.4) is 0 Å². The number of benzene rings is 2. The van der Waals surface area contributed by atoms with Crippen molar-refractivity contribution in [2.24, 2.45) is 5.10 Å². The van der Waals surface area contributed by atoms with Crippen molar-refractivity contribution in [3.05, 3.63) is 53.6 Å². The number of hydrazone groups is 1.